The minimum atomic E-state index is -0.608. The van der Waals surface area contributed by atoms with Crippen molar-refractivity contribution in [2.75, 3.05) is 0 Å². The van der Waals surface area contributed by atoms with Crippen LogP contribution in [0.25, 0.3) is 0 Å². The molecule has 0 saturated heterocycles. The van der Waals surface area contributed by atoms with Gasteiger partial charge in [-0.3, -0.25) is 4.79 Å². The molecule has 2 rings (SSSR count). The third-order valence-electron chi connectivity index (χ3n) is 1.98. The molecule has 0 aliphatic carbocycles. The highest BCUT2D eigenvalue weighted by molar-refractivity contribution is 7.18. The maximum absolute atomic E-state index is 11.7. The van der Waals surface area contributed by atoms with Gasteiger partial charge < -0.3 is 14.7 Å². The summed E-state index contributed by atoms with van der Waals surface area (Å²) in [7, 11) is 0. The standard InChI is InChI=1S/C9H6ClN3O3S/c10-8-2-1-7(17-8)6(14)3-12-4-9(11-5-12)13(15)16/h1-2,4-5H,3H2. The van der Waals surface area contributed by atoms with Gasteiger partial charge in [0, 0.05) is 0 Å². The lowest BCUT2D eigenvalue weighted by atomic mass is 10.3. The molecule has 17 heavy (non-hydrogen) atoms. The first kappa shape index (κ1) is 11.7. The summed E-state index contributed by atoms with van der Waals surface area (Å²) in [4.78, 5) is 25.6. The summed E-state index contributed by atoms with van der Waals surface area (Å²) in [6.07, 6.45) is 2.47. The molecule has 0 radical (unpaired) electrons. The minimum absolute atomic E-state index is 0.0116. The molecule has 2 heterocycles. The van der Waals surface area contributed by atoms with Crippen LogP contribution in [0.3, 0.4) is 0 Å². The molecule has 0 atom stereocenters. The summed E-state index contributed by atoms with van der Waals surface area (Å²) in [6, 6.07) is 3.26. The number of carbonyl (C=O) groups excluding carboxylic acids is 1. The van der Waals surface area contributed by atoms with Gasteiger partial charge in [-0.25, -0.2) is 0 Å². The Kier molecular flexibility index (Phi) is 3.21. The van der Waals surface area contributed by atoms with E-state index < -0.39 is 4.92 Å². The van der Waals surface area contributed by atoms with Crippen LogP contribution in [0, 0.1) is 10.1 Å². The zero-order valence-electron chi connectivity index (χ0n) is 8.37. The highest BCUT2D eigenvalue weighted by atomic mass is 35.5. The Labute approximate surface area is 105 Å². The molecule has 0 amide bonds. The van der Waals surface area contributed by atoms with Crippen LogP contribution >= 0.6 is 22.9 Å². The van der Waals surface area contributed by atoms with Crippen LogP contribution in [-0.4, -0.2) is 20.3 Å². The molecule has 88 valence electrons. The van der Waals surface area contributed by atoms with E-state index in [4.69, 9.17) is 11.6 Å². The van der Waals surface area contributed by atoms with Gasteiger partial charge in [0.1, 0.15) is 6.20 Å². The van der Waals surface area contributed by atoms with Gasteiger partial charge in [0.05, 0.1) is 15.8 Å². The highest BCUT2D eigenvalue weighted by Crippen LogP contribution is 2.22. The molecule has 0 saturated carbocycles. The van der Waals surface area contributed by atoms with E-state index in [-0.39, 0.29) is 18.1 Å². The maximum Gasteiger partial charge on any atom is 0.381 e. The number of nitro groups is 1. The molecule has 0 fully saturated rings. The molecule has 0 aliphatic rings. The summed E-state index contributed by atoms with van der Waals surface area (Å²) >= 11 is 6.89. The van der Waals surface area contributed by atoms with E-state index in [1.165, 1.54) is 28.4 Å². The maximum atomic E-state index is 11.7. The minimum Gasteiger partial charge on any atom is -0.358 e. The number of aromatic nitrogens is 2. The summed E-state index contributed by atoms with van der Waals surface area (Å²) in [5.74, 6) is -0.434. The Balaban J connectivity index is 2.10. The van der Waals surface area contributed by atoms with Gasteiger partial charge in [-0.05, 0) is 22.0 Å². The van der Waals surface area contributed by atoms with E-state index in [1.54, 1.807) is 12.1 Å². The van der Waals surface area contributed by atoms with Crippen LogP contribution in [0.1, 0.15) is 9.67 Å². The lowest BCUT2D eigenvalue weighted by molar-refractivity contribution is -0.389. The summed E-state index contributed by atoms with van der Waals surface area (Å²) in [5.41, 5.74) is 0. The molecule has 0 N–H and O–H groups in total. The predicted molar refractivity (Wildman–Crippen MR) is 62.5 cm³/mol. The fourth-order valence-corrected chi connectivity index (χ4v) is 2.21. The monoisotopic (exact) mass is 271 g/mol. The third kappa shape index (κ3) is 2.69. The fourth-order valence-electron chi connectivity index (χ4n) is 1.24. The van der Waals surface area contributed by atoms with E-state index in [2.05, 4.69) is 4.98 Å². The molecule has 0 aromatic carbocycles. The van der Waals surface area contributed by atoms with Crippen molar-refractivity contribution in [1.29, 1.82) is 0 Å². The molecule has 0 aliphatic heterocycles. The summed E-state index contributed by atoms with van der Waals surface area (Å²) < 4.78 is 1.90. The van der Waals surface area contributed by atoms with Crippen LogP contribution in [0.4, 0.5) is 5.82 Å². The zero-order chi connectivity index (χ0) is 12.4. The third-order valence-corrected chi connectivity index (χ3v) is 3.25. The Morgan fingerprint density at radius 3 is 2.88 bits per heavy atom. The normalized spacial score (nSPS) is 10.4. The number of thiophene rings is 1. The van der Waals surface area contributed by atoms with Crippen molar-refractivity contribution in [2.24, 2.45) is 0 Å². The largest absolute Gasteiger partial charge is 0.381 e. The van der Waals surface area contributed by atoms with Gasteiger partial charge in [0.15, 0.2) is 5.78 Å². The number of Topliss-reactive ketones (excluding diaryl/α,β-unsaturated/α-hetero) is 1. The first-order valence-corrected chi connectivity index (χ1v) is 5.70. The van der Waals surface area contributed by atoms with Gasteiger partial charge in [0.2, 0.25) is 6.33 Å². The van der Waals surface area contributed by atoms with Crippen molar-refractivity contribution < 1.29 is 9.72 Å². The fraction of sp³-hybridized carbons (Fsp3) is 0.111. The first-order valence-electron chi connectivity index (χ1n) is 4.51. The predicted octanol–water partition coefficient (Wildman–Crippen LogP) is 2.39. The lowest BCUT2D eigenvalue weighted by Crippen LogP contribution is -2.07. The number of hydrogen-bond donors (Lipinski definition) is 0. The first-order chi connectivity index (χ1) is 8.06. The van der Waals surface area contributed by atoms with Crippen molar-refractivity contribution in [3.05, 3.63) is 44.0 Å². The second kappa shape index (κ2) is 4.64. The Morgan fingerprint density at radius 2 is 2.35 bits per heavy atom. The molecule has 8 heteroatoms. The average molecular weight is 272 g/mol. The average Bonchev–Trinajstić information content (AvgIpc) is 2.86. The van der Waals surface area contributed by atoms with E-state index in [1.807, 2.05) is 0 Å². The van der Waals surface area contributed by atoms with E-state index in [0.29, 0.717) is 9.21 Å². The van der Waals surface area contributed by atoms with Crippen molar-refractivity contribution in [1.82, 2.24) is 9.55 Å². The van der Waals surface area contributed by atoms with Gasteiger partial charge in [-0.1, -0.05) is 11.6 Å². The van der Waals surface area contributed by atoms with Crippen LogP contribution in [0.5, 0.6) is 0 Å². The molecule has 0 spiro atoms. The second-order valence-corrected chi connectivity index (χ2v) is 4.90. The quantitative estimate of drug-likeness (QED) is 0.486. The zero-order valence-corrected chi connectivity index (χ0v) is 9.94. The molecular weight excluding hydrogens is 266 g/mol. The summed E-state index contributed by atoms with van der Waals surface area (Å²) in [5, 5.41) is 10.4. The SMILES string of the molecule is O=C(Cn1cnc([N+](=O)[O-])c1)c1ccc(Cl)s1. The molecule has 0 unspecified atom stereocenters. The van der Waals surface area contributed by atoms with E-state index in [9.17, 15) is 14.9 Å². The molecular formula is C9H6ClN3O3S. The van der Waals surface area contributed by atoms with Crippen LogP contribution < -0.4 is 0 Å². The van der Waals surface area contributed by atoms with Gasteiger partial charge in [0.25, 0.3) is 0 Å². The number of carbonyl (C=O) groups is 1. The molecule has 0 bridgehead atoms. The van der Waals surface area contributed by atoms with Gasteiger partial charge in [-0.15, -0.1) is 11.3 Å². The molecule has 2 aromatic heterocycles. The smallest absolute Gasteiger partial charge is 0.358 e. The van der Waals surface area contributed by atoms with Gasteiger partial charge >= 0.3 is 5.82 Å². The number of imidazole rings is 1. The lowest BCUT2D eigenvalue weighted by Gasteiger charge is -1.96. The van der Waals surface area contributed by atoms with Crippen LogP contribution in [-0.2, 0) is 6.54 Å². The van der Waals surface area contributed by atoms with Gasteiger partial charge in [-0.2, -0.15) is 0 Å². The highest BCUT2D eigenvalue weighted by Gasteiger charge is 2.14. The number of halogens is 1. The Hall–Kier alpha value is -1.73. The second-order valence-electron chi connectivity index (χ2n) is 3.19. The number of hydrogen-bond acceptors (Lipinski definition) is 5. The van der Waals surface area contributed by atoms with Crippen molar-refractivity contribution in [3.8, 4) is 0 Å². The van der Waals surface area contributed by atoms with E-state index in [0.717, 1.165) is 0 Å². The summed E-state index contributed by atoms with van der Waals surface area (Å²) in [6.45, 7) is 0.0116. The molecule has 6 nitrogen and oxygen atoms in total. The Bertz CT molecular complexity index is 578. The van der Waals surface area contributed by atoms with Crippen molar-refractivity contribution in [2.45, 2.75) is 6.54 Å². The Morgan fingerprint density at radius 1 is 1.59 bits per heavy atom. The van der Waals surface area contributed by atoms with Crippen LogP contribution in [0.2, 0.25) is 4.34 Å². The van der Waals surface area contributed by atoms with E-state index >= 15 is 0 Å². The number of rotatable bonds is 4. The van der Waals surface area contributed by atoms with Crippen LogP contribution in [0.15, 0.2) is 24.7 Å². The van der Waals surface area contributed by atoms with Crippen molar-refractivity contribution >= 4 is 34.5 Å². The molecule has 2 aromatic rings. The van der Waals surface area contributed by atoms with Crippen molar-refractivity contribution in [3.63, 3.8) is 0 Å². The number of nitrogens with zero attached hydrogens (tertiary/aromatic N) is 3. The topological polar surface area (TPSA) is 78.0 Å². The number of ketones is 1.